The molecule has 120 valence electrons. The number of nitrogens with one attached hydrogen (secondary N) is 2. The van der Waals surface area contributed by atoms with Gasteiger partial charge in [0.1, 0.15) is 4.90 Å². The fraction of sp³-hybridized carbons (Fsp3) is 0.769. The van der Waals surface area contributed by atoms with E-state index in [2.05, 4.69) is 22.4 Å². The van der Waals surface area contributed by atoms with Crippen LogP contribution in [-0.4, -0.2) is 54.1 Å². The molecule has 0 spiro atoms. The van der Waals surface area contributed by atoms with E-state index < -0.39 is 10.0 Å². The minimum absolute atomic E-state index is 0.359. The van der Waals surface area contributed by atoms with E-state index in [1.54, 1.807) is 11.2 Å². The normalized spacial score (nSPS) is 17.8. The molecule has 21 heavy (non-hydrogen) atoms. The van der Waals surface area contributed by atoms with Gasteiger partial charge in [-0.15, -0.1) is 0 Å². The number of thioether (sulfide) groups is 1. The molecule has 1 aliphatic rings. The predicted molar refractivity (Wildman–Crippen MR) is 86.0 cm³/mol. The van der Waals surface area contributed by atoms with Gasteiger partial charge in [0.15, 0.2) is 0 Å². The number of nitrogens with zero attached hydrogens (tertiary/aromatic N) is 2. The van der Waals surface area contributed by atoms with E-state index in [0.717, 1.165) is 30.9 Å². The zero-order valence-corrected chi connectivity index (χ0v) is 14.3. The summed E-state index contributed by atoms with van der Waals surface area (Å²) < 4.78 is 27.4. The number of rotatable bonds is 6. The van der Waals surface area contributed by atoms with Gasteiger partial charge >= 0.3 is 0 Å². The van der Waals surface area contributed by atoms with Gasteiger partial charge in [-0.2, -0.15) is 21.2 Å². The van der Waals surface area contributed by atoms with E-state index >= 15 is 0 Å². The van der Waals surface area contributed by atoms with E-state index in [4.69, 9.17) is 0 Å². The van der Waals surface area contributed by atoms with Crippen LogP contribution in [0.5, 0.6) is 0 Å². The Labute approximate surface area is 131 Å². The smallest absolute Gasteiger partial charge is 0.246 e. The number of aromatic amines is 1. The van der Waals surface area contributed by atoms with Crippen LogP contribution >= 0.6 is 11.8 Å². The molecular formula is C13H24N4O2S2. The highest BCUT2D eigenvalue weighted by atomic mass is 32.2. The van der Waals surface area contributed by atoms with Crippen LogP contribution in [-0.2, 0) is 16.6 Å². The second-order valence-electron chi connectivity index (χ2n) is 5.17. The number of hydrogen-bond donors (Lipinski definition) is 2. The highest BCUT2D eigenvalue weighted by Crippen LogP contribution is 2.24. The van der Waals surface area contributed by atoms with Gasteiger partial charge in [0, 0.05) is 25.4 Å². The van der Waals surface area contributed by atoms with E-state index in [0.29, 0.717) is 35.9 Å². The molecule has 2 rings (SSSR count). The van der Waals surface area contributed by atoms with Crippen LogP contribution in [0.25, 0.3) is 0 Å². The van der Waals surface area contributed by atoms with Gasteiger partial charge in [-0.1, -0.05) is 6.92 Å². The summed E-state index contributed by atoms with van der Waals surface area (Å²) in [5.74, 6) is 1.89. The lowest BCUT2D eigenvalue weighted by atomic mass is 10.3. The zero-order valence-electron chi connectivity index (χ0n) is 12.7. The Bertz CT molecular complexity index is 549. The summed E-state index contributed by atoms with van der Waals surface area (Å²) in [6.07, 6.45) is 1.92. The van der Waals surface area contributed by atoms with Crippen LogP contribution in [0.2, 0.25) is 0 Å². The SMILES string of the molecule is CCCNCc1n[nH]c(C)c1S(=O)(=O)N1CCCSCC1. The molecule has 1 fully saturated rings. The molecule has 1 aromatic rings. The van der Waals surface area contributed by atoms with Crippen LogP contribution in [0.15, 0.2) is 4.90 Å². The molecule has 0 saturated carbocycles. The second kappa shape index (κ2) is 7.62. The van der Waals surface area contributed by atoms with Crippen molar-refractivity contribution in [2.75, 3.05) is 31.1 Å². The fourth-order valence-electron chi connectivity index (χ4n) is 2.41. The van der Waals surface area contributed by atoms with Gasteiger partial charge in [0.05, 0.1) is 11.4 Å². The van der Waals surface area contributed by atoms with E-state index in [-0.39, 0.29) is 0 Å². The van der Waals surface area contributed by atoms with Crippen molar-refractivity contribution in [3.05, 3.63) is 11.4 Å². The predicted octanol–water partition coefficient (Wildman–Crippen LogP) is 1.35. The molecule has 0 amide bonds. The number of hydrogen-bond acceptors (Lipinski definition) is 5. The van der Waals surface area contributed by atoms with Crippen molar-refractivity contribution in [3.8, 4) is 0 Å². The Morgan fingerprint density at radius 1 is 1.38 bits per heavy atom. The van der Waals surface area contributed by atoms with Gasteiger partial charge in [0.2, 0.25) is 10.0 Å². The highest BCUT2D eigenvalue weighted by molar-refractivity contribution is 7.99. The topological polar surface area (TPSA) is 78.1 Å². The molecule has 0 atom stereocenters. The molecule has 0 aromatic carbocycles. The van der Waals surface area contributed by atoms with Crippen molar-refractivity contribution in [3.63, 3.8) is 0 Å². The van der Waals surface area contributed by atoms with E-state index in [1.807, 2.05) is 11.8 Å². The van der Waals surface area contributed by atoms with Crippen molar-refractivity contribution in [1.29, 1.82) is 0 Å². The first kappa shape index (κ1) is 16.8. The highest BCUT2D eigenvalue weighted by Gasteiger charge is 2.30. The van der Waals surface area contributed by atoms with Gasteiger partial charge in [-0.05, 0) is 32.1 Å². The van der Waals surface area contributed by atoms with Gasteiger partial charge in [-0.3, -0.25) is 5.10 Å². The van der Waals surface area contributed by atoms with Crippen LogP contribution in [0.3, 0.4) is 0 Å². The van der Waals surface area contributed by atoms with E-state index in [1.165, 1.54) is 0 Å². The zero-order chi connectivity index (χ0) is 15.3. The number of aromatic nitrogens is 2. The largest absolute Gasteiger partial charge is 0.311 e. The second-order valence-corrected chi connectivity index (χ2v) is 8.27. The standard InChI is InChI=1S/C13H24N4O2S2/c1-3-5-14-10-12-13(11(2)15-16-12)21(18,19)17-6-4-8-20-9-7-17/h14H,3-10H2,1-2H3,(H,15,16). The molecule has 1 aliphatic heterocycles. The summed E-state index contributed by atoms with van der Waals surface area (Å²) in [5.41, 5.74) is 1.22. The molecule has 6 nitrogen and oxygen atoms in total. The Morgan fingerprint density at radius 2 is 2.19 bits per heavy atom. The lowest BCUT2D eigenvalue weighted by molar-refractivity contribution is 0.433. The van der Waals surface area contributed by atoms with Crippen molar-refractivity contribution < 1.29 is 8.42 Å². The maximum atomic E-state index is 12.9. The van der Waals surface area contributed by atoms with Crippen LogP contribution in [0.4, 0.5) is 0 Å². The molecule has 0 radical (unpaired) electrons. The molecule has 2 N–H and O–H groups in total. The molecule has 1 saturated heterocycles. The third kappa shape index (κ3) is 4.00. The number of sulfonamides is 1. The van der Waals surface area contributed by atoms with Crippen LogP contribution in [0.1, 0.15) is 31.2 Å². The van der Waals surface area contributed by atoms with Crippen molar-refractivity contribution >= 4 is 21.8 Å². The maximum Gasteiger partial charge on any atom is 0.246 e. The van der Waals surface area contributed by atoms with Crippen LogP contribution in [0, 0.1) is 6.92 Å². The van der Waals surface area contributed by atoms with Crippen molar-refractivity contribution in [2.45, 2.75) is 38.1 Å². The first-order chi connectivity index (χ1) is 10.1. The third-order valence-corrected chi connectivity index (χ3v) is 6.61. The minimum Gasteiger partial charge on any atom is -0.311 e. The van der Waals surface area contributed by atoms with E-state index in [9.17, 15) is 8.42 Å². The average Bonchev–Trinajstić information content (AvgIpc) is 2.68. The molecule has 2 heterocycles. The van der Waals surface area contributed by atoms with Gasteiger partial charge < -0.3 is 5.32 Å². The maximum absolute atomic E-state index is 12.9. The Morgan fingerprint density at radius 3 is 2.95 bits per heavy atom. The average molecular weight is 332 g/mol. The quantitative estimate of drug-likeness (QED) is 0.769. The summed E-state index contributed by atoms with van der Waals surface area (Å²) in [6, 6.07) is 0. The molecule has 0 aliphatic carbocycles. The Hall–Kier alpha value is -0.570. The van der Waals surface area contributed by atoms with Gasteiger partial charge in [0.25, 0.3) is 0 Å². The summed E-state index contributed by atoms with van der Waals surface area (Å²) >= 11 is 1.82. The first-order valence-corrected chi connectivity index (χ1v) is 9.99. The van der Waals surface area contributed by atoms with Crippen molar-refractivity contribution in [2.24, 2.45) is 0 Å². The Kier molecular flexibility index (Phi) is 6.09. The molecular weight excluding hydrogens is 308 g/mol. The summed E-state index contributed by atoms with van der Waals surface area (Å²) in [6.45, 7) is 6.37. The molecule has 8 heteroatoms. The summed E-state index contributed by atoms with van der Waals surface area (Å²) in [7, 11) is -3.45. The lowest BCUT2D eigenvalue weighted by Gasteiger charge is -2.20. The van der Waals surface area contributed by atoms with Crippen LogP contribution < -0.4 is 5.32 Å². The number of H-pyrrole nitrogens is 1. The fourth-order valence-corrected chi connectivity index (χ4v) is 5.22. The number of aryl methyl sites for hydroxylation is 1. The minimum atomic E-state index is -3.45. The monoisotopic (exact) mass is 332 g/mol. The Balaban J connectivity index is 2.23. The molecule has 0 bridgehead atoms. The lowest BCUT2D eigenvalue weighted by Crippen LogP contribution is -2.34. The summed E-state index contributed by atoms with van der Waals surface area (Å²) in [4.78, 5) is 0.359. The molecule has 1 aromatic heterocycles. The molecule has 0 unspecified atom stereocenters. The first-order valence-electron chi connectivity index (χ1n) is 7.39. The van der Waals surface area contributed by atoms with Crippen molar-refractivity contribution in [1.82, 2.24) is 19.8 Å². The van der Waals surface area contributed by atoms with Gasteiger partial charge in [-0.25, -0.2) is 8.42 Å². The summed E-state index contributed by atoms with van der Waals surface area (Å²) in [5, 5.41) is 10.2. The third-order valence-electron chi connectivity index (χ3n) is 3.46.